The zero-order chi connectivity index (χ0) is 22.7. The molecule has 2 aromatic heterocycles. The smallest absolute Gasteiger partial charge is 0.348 e. The van der Waals surface area contributed by atoms with Gasteiger partial charge < -0.3 is 34.3 Å². The molecule has 4 rings (SSSR count). The molecule has 3 aromatic rings. The lowest BCUT2D eigenvalue weighted by atomic mass is 10.0. The lowest BCUT2D eigenvalue weighted by molar-refractivity contribution is -0.260. The van der Waals surface area contributed by atoms with Crippen LogP contribution < -0.4 is 4.74 Å². The van der Waals surface area contributed by atoms with Gasteiger partial charge in [0.15, 0.2) is 12.0 Å². The van der Waals surface area contributed by atoms with Crippen molar-refractivity contribution in [2.45, 2.75) is 37.6 Å². The normalized spacial score (nSPS) is 23.2. The second-order valence-corrected chi connectivity index (χ2v) is 8.37. The molecular weight excluding hydrogens is 438 g/mol. The molecule has 3 N–H and O–H groups in total. The standard InChI is InChI=1S/C22H23NO8S/c1-28-22(27)18-6-14-16(8-23-9-19(14)32-18)30-13-4-2-12(3-5-13)11-29-20-7-15(25)21(26)17(10-24)31-20/h2-6,8-9,15,17,20-21,24-26H,7,10-11H2,1H3/t15?,17-,20?,21?/m1/s1. The molecule has 0 amide bonds. The van der Waals surface area contributed by atoms with Gasteiger partial charge in [-0.25, -0.2) is 4.79 Å². The Morgan fingerprint density at radius 1 is 1.25 bits per heavy atom. The molecule has 0 saturated carbocycles. The summed E-state index contributed by atoms with van der Waals surface area (Å²) in [6.07, 6.45) is -0.392. The Morgan fingerprint density at radius 2 is 2.03 bits per heavy atom. The van der Waals surface area contributed by atoms with Gasteiger partial charge in [-0.2, -0.15) is 0 Å². The van der Waals surface area contributed by atoms with Gasteiger partial charge in [-0.3, -0.25) is 4.98 Å². The number of benzene rings is 1. The Kier molecular flexibility index (Phi) is 6.99. The summed E-state index contributed by atoms with van der Waals surface area (Å²) in [5, 5.41) is 29.7. The Hall–Kier alpha value is -2.60. The maximum Gasteiger partial charge on any atom is 0.348 e. The van der Waals surface area contributed by atoms with Crippen molar-refractivity contribution in [3.05, 3.63) is 53.2 Å². The van der Waals surface area contributed by atoms with Crippen molar-refractivity contribution in [2.75, 3.05) is 13.7 Å². The van der Waals surface area contributed by atoms with Crippen LogP contribution in [-0.2, 0) is 20.8 Å². The van der Waals surface area contributed by atoms with Crippen LogP contribution in [0, 0.1) is 0 Å². The fourth-order valence-electron chi connectivity index (χ4n) is 3.36. The molecule has 32 heavy (non-hydrogen) atoms. The van der Waals surface area contributed by atoms with Crippen LogP contribution in [-0.4, -0.2) is 64.6 Å². The molecule has 10 heteroatoms. The van der Waals surface area contributed by atoms with Crippen molar-refractivity contribution in [3.63, 3.8) is 0 Å². The van der Waals surface area contributed by atoms with Gasteiger partial charge in [0.2, 0.25) is 0 Å². The van der Waals surface area contributed by atoms with E-state index in [1.54, 1.807) is 30.6 Å². The van der Waals surface area contributed by atoms with Crippen LogP contribution in [0.4, 0.5) is 0 Å². The van der Waals surface area contributed by atoms with E-state index in [1.807, 2.05) is 12.1 Å². The van der Waals surface area contributed by atoms with Crippen molar-refractivity contribution in [3.8, 4) is 11.5 Å². The number of carbonyl (C=O) groups is 1. The minimum atomic E-state index is -1.14. The average Bonchev–Trinajstić information content (AvgIpc) is 3.25. The fraction of sp³-hybridized carbons (Fsp3) is 0.364. The summed E-state index contributed by atoms with van der Waals surface area (Å²) in [5.74, 6) is 0.702. The average molecular weight is 461 g/mol. The van der Waals surface area contributed by atoms with Gasteiger partial charge in [-0.05, 0) is 23.8 Å². The molecule has 1 aromatic carbocycles. The van der Waals surface area contributed by atoms with E-state index in [1.165, 1.54) is 18.4 Å². The molecule has 3 unspecified atom stereocenters. The Balaban J connectivity index is 1.39. The number of pyridine rings is 1. The third kappa shape index (κ3) is 4.90. The zero-order valence-electron chi connectivity index (χ0n) is 17.2. The highest BCUT2D eigenvalue weighted by Gasteiger charge is 2.36. The lowest BCUT2D eigenvalue weighted by Gasteiger charge is -2.36. The van der Waals surface area contributed by atoms with Gasteiger partial charge in [0, 0.05) is 18.0 Å². The summed E-state index contributed by atoms with van der Waals surface area (Å²) >= 11 is 1.28. The van der Waals surface area contributed by atoms with E-state index in [-0.39, 0.29) is 13.0 Å². The Labute approximate surface area is 187 Å². The van der Waals surface area contributed by atoms with E-state index in [4.69, 9.17) is 18.9 Å². The number of ether oxygens (including phenoxy) is 4. The molecule has 0 aliphatic carbocycles. The van der Waals surface area contributed by atoms with Gasteiger partial charge >= 0.3 is 5.97 Å². The topological polar surface area (TPSA) is 128 Å². The van der Waals surface area contributed by atoms with Gasteiger partial charge in [0.05, 0.1) is 37.3 Å². The summed E-state index contributed by atoms with van der Waals surface area (Å²) in [4.78, 5) is 16.4. The van der Waals surface area contributed by atoms with Gasteiger partial charge in [0.25, 0.3) is 0 Å². The molecule has 1 aliphatic rings. The summed E-state index contributed by atoms with van der Waals surface area (Å²) in [5.41, 5.74) is 0.849. The first-order valence-corrected chi connectivity index (χ1v) is 10.8. The molecule has 0 bridgehead atoms. The fourth-order valence-corrected chi connectivity index (χ4v) is 4.33. The van der Waals surface area contributed by atoms with Crippen LogP contribution in [0.25, 0.3) is 10.1 Å². The maximum absolute atomic E-state index is 11.8. The number of hydrogen-bond acceptors (Lipinski definition) is 10. The molecular formula is C22H23NO8S. The molecule has 0 radical (unpaired) electrons. The van der Waals surface area contributed by atoms with E-state index in [2.05, 4.69) is 4.98 Å². The molecule has 4 atom stereocenters. The third-order valence-electron chi connectivity index (χ3n) is 5.10. The van der Waals surface area contributed by atoms with E-state index >= 15 is 0 Å². The molecule has 170 valence electrons. The number of aromatic nitrogens is 1. The molecule has 9 nitrogen and oxygen atoms in total. The number of fused-ring (bicyclic) bond motifs is 1. The highest BCUT2D eigenvalue weighted by atomic mass is 32.1. The van der Waals surface area contributed by atoms with E-state index < -0.39 is 37.2 Å². The van der Waals surface area contributed by atoms with E-state index in [0.29, 0.717) is 16.4 Å². The third-order valence-corrected chi connectivity index (χ3v) is 6.15. The molecule has 0 spiro atoms. The van der Waals surface area contributed by atoms with Gasteiger partial charge in [-0.15, -0.1) is 11.3 Å². The van der Waals surface area contributed by atoms with Crippen LogP contribution in [0.2, 0.25) is 0 Å². The van der Waals surface area contributed by atoms with Crippen molar-refractivity contribution in [1.29, 1.82) is 0 Å². The summed E-state index contributed by atoms with van der Waals surface area (Å²) in [6, 6.07) is 8.94. The monoisotopic (exact) mass is 461 g/mol. The SMILES string of the molecule is COC(=O)c1cc2c(Oc3ccc(COC4CC(O)C(O)[C@@H](CO)O4)cc3)cncc2s1. The minimum Gasteiger partial charge on any atom is -0.465 e. The first kappa shape index (κ1) is 22.6. The molecule has 1 aliphatic heterocycles. The quantitative estimate of drug-likeness (QED) is 0.454. The number of esters is 1. The number of thiophene rings is 1. The minimum absolute atomic E-state index is 0.115. The van der Waals surface area contributed by atoms with Crippen LogP contribution in [0.5, 0.6) is 11.5 Å². The van der Waals surface area contributed by atoms with E-state index in [9.17, 15) is 20.1 Å². The van der Waals surface area contributed by atoms with Crippen LogP contribution in [0.15, 0.2) is 42.7 Å². The molecule has 3 heterocycles. The molecule has 1 fully saturated rings. The first-order chi connectivity index (χ1) is 15.5. The Bertz CT molecular complexity index is 1070. The second kappa shape index (κ2) is 9.90. The highest BCUT2D eigenvalue weighted by Crippen LogP contribution is 2.34. The zero-order valence-corrected chi connectivity index (χ0v) is 18.0. The largest absolute Gasteiger partial charge is 0.465 e. The van der Waals surface area contributed by atoms with Crippen molar-refractivity contribution in [1.82, 2.24) is 4.98 Å². The molecule has 1 saturated heterocycles. The van der Waals surface area contributed by atoms with Crippen molar-refractivity contribution in [2.24, 2.45) is 0 Å². The predicted molar refractivity (Wildman–Crippen MR) is 115 cm³/mol. The van der Waals surface area contributed by atoms with Gasteiger partial charge in [-0.1, -0.05) is 12.1 Å². The second-order valence-electron chi connectivity index (χ2n) is 7.29. The predicted octanol–water partition coefficient (Wildman–Crippen LogP) is 2.22. The van der Waals surface area contributed by atoms with Crippen molar-refractivity contribution < 1.29 is 39.1 Å². The number of carbonyl (C=O) groups excluding carboxylic acids is 1. The maximum atomic E-state index is 11.8. The summed E-state index contributed by atoms with van der Waals surface area (Å²) in [7, 11) is 1.34. The van der Waals surface area contributed by atoms with Gasteiger partial charge in [0.1, 0.15) is 22.8 Å². The Morgan fingerprint density at radius 3 is 2.75 bits per heavy atom. The number of nitrogens with zero attached hydrogens (tertiary/aromatic N) is 1. The van der Waals surface area contributed by atoms with E-state index in [0.717, 1.165) is 15.6 Å². The van der Waals surface area contributed by atoms with Crippen LogP contribution >= 0.6 is 11.3 Å². The number of rotatable bonds is 7. The number of methoxy groups -OCH3 is 1. The lowest BCUT2D eigenvalue weighted by Crippen LogP contribution is -2.50. The number of hydrogen-bond donors (Lipinski definition) is 3. The van der Waals surface area contributed by atoms with Crippen LogP contribution in [0.3, 0.4) is 0 Å². The summed E-state index contributed by atoms with van der Waals surface area (Å²) < 4.78 is 22.7. The van der Waals surface area contributed by atoms with Crippen molar-refractivity contribution >= 4 is 27.4 Å². The number of aliphatic hydroxyl groups excluding tert-OH is 3. The number of aliphatic hydroxyl groups is 3. The first-order valence-electron chi connectivity index (χ1n) is 9.95. The van der Waals surface area contributed by atoms with Crippen LogP contribution in [0.1, 0.15) is 21.7 Å². The summed E-state index contributed by atoms with van der Waals surface area (Å²) in [6.45, 7) is -0.187. The highest BCUT2D eigenvalue weighted by molar-refractivity contribution is 7.20.